The van der Waals surface area contributed by atoms with Crippen LogP contribution >= 0.6 is 0 Å². The maximum absolute atomic E-state index is 13.2. The summed E-state index contributed by atoms with van der Waals surface area (Å²) >= 11 is 0. The van der Waals surface area contributed by atoms with E-state index in [1.54, 1.807) is 12.3 Å². The number of carbonyl (C=O) groups excluding carboxylic acids is 1. The maximum atomic E-state index is 13.2. The summed E-state index contributed by atoms with van der Waals surface area (Å²) < 4.78 is 1.51. The Morgan fingerprint density at radius 1 is 0.767 bits per heavy atom. The van der Waals surface area contributed by atoms with E-state index in [1.165, 1.54) is 10.1 Å². The molecule has 0 aliphatic carbocycles. The van der Waals surface area contributed by atoms with Crippen LogP contribution in [0.15, 0.2) is 102 Å². The second kappa shape index (κ2) is 9.23. The van der Waals surface area contributed by atoms with Crippen LogP contribution in [0.1, 0.15) is 11.1 Å². The van der Waals surface area contributed by atoms with Gasteiger partial charge in [-0.1, -0.05) is 78.9 Å². The molecule has 4 aromatic rings. The molecule has 0 N–H and O–H groups in total. The van der Waals surface area contributed by atoms with Crippen LogP contribution < -0.4 is 5.56 Å². The van der Waals surface area contributed by atoms with Crippen LogP contribution in [0.25, 0.3) is 10.8 Å². The zero-order valence-electron chi connectivity index (χ0n) is 16.8. The highest BCUT2D eigenvalue weighted by molar-refractivity contribution is 5.82. The molecule has 1 amide bonds. The Balaban J connectivity index is 1.55. The lowest BCUT2D eigenvalue weighted by Crippen LogP contribution is -2.37. The van der Waals surface area contributed by atoms with Crippen molar-refractivity contribution in [1.29, 1.82) is 0 Å². The Labute approximate surface area is 176 Å². The van der Waals surface area contributed by atoms with E-state index in [0.29, 0.717) is 18.5 Å². The maximum Gasteiger partial charge on any atom is 0.258 e. The van der Waals surface area contributed by atoms with Gasteiger partial charge in [0.15, 0.2) is 0 Å². The van der Waals surface area contributed by atoms with Crippen molar-refractivity contribution in [3.8, 4) is 0 Å². The summed E-state index contributed by atoms with van der Waals surface area (Å²) in [5.41, 5.74) is 2.13. The van der Waals surface area contributed by atoms with E-state index in [0.717, 1.165) is 17.4 Å². The smallest absolute Gasteiger partial charge is 0.258 e. The first kappa shape index (κ1) is 19.6. The highest BCUT2D eigenvalue weighted by Gasteiger charge is 2.16. The average Bonchev–Trinajstić information content (AvgIpc) is 2.80. The summed E-state index contributed by atoms with van der Waals surface area (Å²) in [5, 5.41) is 1.52. The second-order valence-electron chi connectivity index (χ2n) is 7.37. The number of fused-ring (bicyclic) bond motifs is 1. The molecule has 4 heteroatoms. The van der Waals surface area contributed by atoms with Crippen molar-refractivity contribution in [2.24, 2.45) is 0 Å². The standard InChI is InChI=1S/C26H24N2O2/c29-25(20-28-18-16-23-13-7-8-14-24(23)26(28)30)27(19-22-11-5-2-6-12-22)17-15-21-9-3-1-4-10-21/h1-14,16,18H,15,17,19-20H2. The fraction of sp³-hybridized carbons (Fsp3) is 0.154. The van der Waals surface area contributed by atoms with Crippen LogP contribution in [0.5, 0.6) is 0 Å². The molecule has 3 aromatic carbocycles. The number of aromatic nitrogens is 1. The number of carbonyl (C=O) groups is 1. The molecule has 0 aliphatic rings. The summed E-state index contributed by atoms with van der Waals surface area (Å²) in [4.78, 5) is 27.8. The molecular formula is C26H24N2O2. The van der Waals surface area contributed by atoms with Crippen LogP contribution in [0, 0.1) is 0 Å². The fourth-order valence-corrected chi connectivity index (χ4v) is 3.60. The summed E-state index contributed by atoms with van der Waals surface area (Å²) in [6.45, 7) is 1.15. The van der Waals surface area contributed by atoms with Gasteiger partial charge in [-0.05, 0) is 35.1 Å². The van der Waals surface area contributed by atoms with Gasteiger partial charge in [0.1, 0.15) is 6.54 Å². The molecule has 0 spiro atoms. The summed E-state index contributed by atoms with van der Waals surface area (Å²) in [6.07, 6.45) is 2.48. The van der Waals surface area contributed by atoms with E-state index < -0.39 is 0 Å². The first-order valence-electron chi connectivity index (χ1n) is 10.1. The van der Waals surface area contributed by atoms with Gasteiger partial charge in [-0.15, -0.1) is 0 Å². The lowest BCUT2D eigenvalue weighted by molar-refractivity contribution is -0.132. The molecule has 4 nitrogen and oxygen atoms in total. The molecule has 1 aromatic heterocycles. The Kier molecular flexibility index (Phi) is 6.04. The molecule has 1 heterocycles. The number of hydrogen-bond donors (Lipinski definition) is 0. The number of amides is 1. The number of rotatable bonds is 7. The summed E-state index contributed by atoms with van der Waals surface area (Å²) in [5.74, 6) is -0.0628. The van der Waals surface area contributed by atoms with Gasteiger partial charge in [0.05, 0.1) is 0 Å². The normalized spacial score (nSPS) is 10.8. The molecule has 4 rings (SSSR count). The van der Waals surface area contributed by atoms with Gasteiger partial charge in [-0.2, -0.15) is 0 Å². The van der Waals surface area contributed by atoms with Crippen molar-refractivity contribution < 1.29 is 4.79 Å². The monoisotopic (exact) mass is 396 g/mol. The minimum atomic E-state index is -0.135. The molecule has 30 heavy (non-hydrogen) atoms. The molecule has 0 radical (unpaired) electrons. The number of hydrogen-bond acceptors (Lipinski definition) is 2. The highest BCUT2D eigenvalue weighted by Crippen LogP contribution is 2.11. The van der Waals surface area contributed by atoms with E-state index >= 15 is 0 Å². The van der Waals surface area contributed by atoms with Gasteiger partial charge in [0.2, 0.25) is 5.91 Å². The third kappa shape index (κ3) is 4.66. The van der Waals surface area contributed by atoms with E-state index in [4.69, 9.17) is 0 Å². The van der Waals surface area contributed by atoms with E-state index in [9.17, 15) is 9.59 Å². The topological polar surface area (TPSA) is 42.3 Å². The molecule has 0 atom stereocenters. The predicted octanol–water partition coefficient (Wildman–Crippen LogP) is 4.27. The van der Waals surface area contributed by atoms with Gasteiger partial charge in [-0.3, -0.25) is 9.59 Å². The zero-order chi connectivity index (χ0) is 20.8. The fourth-order valence-electron chi connectivity index (χ4n) is 3.60. The lowest BCUT2D eigenvalue weighted by Gasteiger charge is -2.23. The molecule has 0 saturated carbocycles. The van der Waals surface area contributed by atoms with E-state index in [-0.39, 0.29) is 18.0 Å². The first-order chi connectivity index (χ1) is 14.7. The molecule has 0 fully saturated rings. The van der Waals surface area contributed by atoms with Gasteiger partial charge in [0, 0.05) is 24.7 Å². The first-order valence-corrected chi connectivity index (χ1v) is 10.1. The van der Waals surface area contributed by atoms with Crippen molar-refractivity contribution in [1.82, 2.24) is 9.47 Å². The molecule has 0 aliphatic heterocycles. The van der Waals surface area contributed by atoms with Crippen LogP contribution in [0.3, 0.4) is 0 Å². The van der Waals surface area contributed by atoms with E-state index in [2.05, 4.69) is 12.1 Å². The van der Waals surface area contributed by atoms with Crippen LogP contribution in [0.4, 0.5) is 0 Å². The Morgan fingerprint density at radius 3 is 2.13 bits per heavy atom. The van der Waals surface area contributed by atoms with Crippen molar-refractivity contribution in [3.63, 3.8) is 0 Å². The number of pyridine rings is 1. The van der Waals surface area contributed by atoms with Crippen molar-refractivity contribution in [2.75, 3.05) is 6.54 Å². The SMILES string of the molecule is O=C(Cn1ccc2ccccc2c1=O)N(CCc1ccccc1)Cc1ccccc1. The highest BCUT2D eigenvalue weighted by atomic mass is 16.2. The van der Waals surface area contributed by atoms with Gasteiger partial charge >= 0.3 is 0 Å². The van der Waals surface area contributed by atoms with Gasteiger partial charge in [0.25, 0.3) is 5.56 Å². The minimum Gasteiger partial charge on any atom is -0.336 e. The van der Waals surface area contributed by atoms with E-state index in [1.807, 2.05) is 77.7 Å². The predicted molar refractivity (Wildman–Crippen MR) is 120 cm³/mol. The Hall–Kier alpha value is -3.66. The van der Waals surface area contributed by atoms with Crippen molar-refractivity contribution in [2.45, 2.75) is 19.5 Å². The van der Waals surface area contributed by atoms with Crippen molar-refractivity contribution in [3.05, 3.63) is 119 Å². The van der Waals surface area contributed by atoms with Crippen LogP contribution in [-0.2, 0) is 24.3 Å². The van der Waals surface area contributed by atoms with Crippen LogP contribution in [0.2, 0.25) is 0 Å². The second-order valence-corrected chi connectivity index (χ2v) is 7.37. The Bertz CT molecular complexity index is 1180. The summed E-state index contributed by atoms with van der Waals surface area (Å²) in [7, 11) is 0. The third-order valence-electron chi connectivity index (χ3n) is 5.27. The molecule has 0 bridgehead atoms. The number of benzene rings is 3. The van der Waals surface area contributed by atoms with Gasteiger partial charge in [-0.25, -0.2) is 0 Å². The molecule has 150 valence electrons. The number of nitrogens with zero attached hydrogens (tertiary/aromatic N) is 2. The molecule has 0 unspecified atom stereocenters. The molecule has 0 saturated heterocycles. The zero-order valence-corrected chi connectivity index (χ0v) is 16.8. The average molecular weight is 396 g/mol. The van der Waals surface area contributed by atoms with Gasteiger partial charge < -0.3 is 9.47 Å². The van der Waals surface area contributed by atoms with Crippen molar-refractivity contribution >= 4 is 16.7 Å². The summed E-state index contributed by atoms with van der Waals surface area (Å²) in [6, 6.07) is 29.4. The van der Waals surface area contributed by atoms with Crippen LogP contribution in [-0.4, -0.2) is 21.9 Å². The lowest BCUT2D eigenvalue weighted by atomic mass is 10.1. The third-order valence-corrected chi connectivity index (χ3v) is 5.27. The Morgan fingerprint density at radius 2 is 1.40 bits per heavy atom. The molecular weight excluding hydrogens is 372 g/mol. The largest absolute Gasteiger partial charge is 0.336 e. The minimum absolute atomic E-state index is 0.0330. The quantitative estimate of drug-likeness (QED) is 0.468.